The van der Waals surface area contributed by atoms with Gasteiger partial charge in [-0.15, -0.1) is 0 Å². The molecule has 0 aliphatic carbocycles. The van der Waals surface area contributed by atoms with E-state index in [1.807, 2.05) is 0 Å². The number of furan rings is 1. The fourth-order valence-corrected chi connectivity index (χ4v) is 0.993. The molecule has 2 aromatic heterocycles. The van der Waals surface area contributed by atoms with Gasteiger partial charge >= 0.3 is 0 Å². The third-order valence-electron chi connectivity index (χ3n) is 1.23. The van der Waals surface area contributed by atoms with Gasteiger partial charge in [0, 0.05) is 17.6 Å². The number of fused-ring (bicyclic) bond motifs is 1. The third kappa shape index (κ3) is 0.772. The minimum absolute atomic E-state index is 0.120. The number of hydrogen-bond acceptors (Lipinski definition) is 2. The lowest BCUT2D eigenvalue weighted by Crippen LogP contribution is -1.65. The van der Waals surface area contributed by atoms with Crippen molar-refractivity contribution < 1.29 is 5.79 Å². The highest BCUT2D eigenvalue weighted by molar-refractivity contribution is 6.29. The molecule has 2 rings (SSSR count). The second-order valence-corrected chi connectivity index (χ2v) is 2.26. The zero-order chi connectivity index (χ0) is 7.84. The summed E-state index contributed by atoms with van der Waals surface area (Å²) in [5, 5.41) is 1.11. The van der Waals surface area contributed by atoms with E-state index in [1.54, 1.807) is 18.3 Å². The first-order valence-electron chi connectivity index (χ1n) is 3.28. The molecule has 50 valence electrons. The van der Waals surface area contributed by atoms with E-state index >= 15 is 0 Å². The molecule has 0 saturated heterocycles. The normalized spacial score (nSPS) is 11.9. The molecular formula is C7H4ClNO. The van der Waals surface area contributed by atoms with Gasteiger partial charge in [-0.05, 0) is 17.7 Å². The van der Waals surface area contributed by atoms with Crippen LogP contribution < -0.4 is 0 Å². The SMILES string of the molecule is [2H]c1nccc2cc(Cl)oc12. The topological polar surface area (TPSA) is 26.0 Å². The van der Waals surface area contributed by atoms with E-state index in [1.165, 1.54) is 0 Å². The second-order valence-electron chi connectivity index (χ2n) is 1.89. The Hall–Kier alpha value is -1.02. The van der Waals surface area contributed by atoms with Gasteiger partial charge in [-0.3, -0.25) is 4.98 Å². The zero-order valence-corrected chi connectivity index (χ0v) is 5.72. The van der Waals surface area contributed by atoms with Crippen LogP contribution in [0.3, 0.4) is 0 Å². The van der Waals surface area contributed by atoms with Crippen LogP contribution in [0.1, 0.15) is 1.37 Å². The lowest BCUT2D eigenvalue weighted by Gasteiger charge is -1.81. The average Bonchev–Trinajstić information content (AvgIpc) is 2.31. The summed E-state index contributed by atoms with van der Waals surface area (Å²) in [5.41, 5.74) is 0.442. The lowest BCUT2D eigenvalue weighted by atomic mass is 10.3. The highest BCUT2D eigenvalue weighted by atomic mass is 35.5. The van der Waals surface area contributed by atoms with Gasteiger partial charge in [0.2, 0.25) is 0 Å². The molecular weight excluding hydrogens is 150 g/mol. The Balaban J connectivity index is 2.90. The molecule has 0 aliphatic heterocycles. The maximum atomic E-state index is 7.31. The predicted molar refractivity (Wildman–Crippen MR) is 39.0 cm³/mol. The number of pyridine rings is 1. The second kappa shape index (κ2) is 1.99. The first-order chi connectivity index (χ1) is 5.27. The Morgan fingerprint density at radius 2 is 2.60 bits per heavy atom. The van der Waals surface area contributed by atoms with Gasteiger partial charge in [0.1, 0.15) is 0 Å². The number of rotatable bonds is 0. The average molecular weight is 155 g/mol. The third-order valence-corrected chi connectivity index (χ3v) is 1.41. The van der Waals surface area contributed by atoms with E-state index in [9.17, 15) is 0 Å². The van der Waals surface area contributed by atoms with Crippen LogP contribution in [-0.4, -0.2) is 4.98 Å². The van der Waals surface area contributed by atoms with Crippen molar-refractivity contribution in [2.75, 3.05) is 0 Å². The highest BCUT2D eigenvalue weighted by Gasteiger charge is 1.97. The van der Waals surface area contributed by atoms with E-state index in [0.29, 0.717) is 10.8 Å². The minimum Gasteiger partial charge on any atom is -0.443 e. The summed E-state index contributed by atoms with van der Waals surface area (Å²) in [6.07, 6.45) is 1.67. The number of hydrogen-bond donors (Lipinski definition) is 0. The van der Waals surface area contributed by atoms with Crippen LogP contribution in [0.15, 0.2) is 28.9 Å². The van der Waals surface area contributed by atoms with E-state index in [-0.39, 0.29) is 6.17 Å². The van der Waals surface area contributed by atoms with Crippen molar-refractivity contribution in [2.24, 2.45) is 0 Å². The Bertz CT molecular complexity index is 398. The zero-order valence-electron chi connectivity index (χ0n) is 5.97. The predicted octanol–water partition coefficient (Wildman–Crippen LogP) is 2.48. The molecule has 0 atom stereocenters. The van der Waals surface area contributed by atoms with Gasteiger partial charge in [0.05, 0.1) is 7.54 Å². The Morgan fingerprint density at radius 1 is 1.70 bits per heavy atom. The molecule has 10 heavy (non-hydrogen) atoms. The molecule has 0 fully saturated rings. The number of nitrogens with zero attached hydrogens (tertiary/aromatic N) is 1. The maximum Gasteiger partial charge on any atom is 0.194 e. The molecule has 0 amide bonds. The van der Waals surface area contributed by atoms with Gasteiger partial charge in [-0.1, -0.05) is 0 Å². The molecule has 3 heteroatoms. The Kier molecular flexibility index (Phi) is 0.944. The summed E-state index contributed by atoms with van der Waals surface area (Å²) >= 11 is 5.58. The van der Waals surface area contributed by atoms with Crippen LogP contribution in [-0.2, 0) is 0 Å². The molecule has 0 aromatic carbocycles. The van der Waals surface area contributed by atoms with Crippen LogP contribution >= 0.6 is 11.6 Å². The van der Waals surface area contributed by atoms with Crippen molar-refractivity contribution in [1.82, 2.24) is 4.98 Å². The van der Waals surface area contributed by atoms with Crippen molar-refractivity contribution in [3.05, 3.63) is 29.7 Å². The summed E-state index contributed by atoms with van der Waals surface area (Å²) in [4.78, 5) is 3.73. The fourth-order valence-electron chi connectivity index (χ4n) is 0.798. The summed E-state index contributed by atoms with van der Waals surface area (Å²) < 4.78 is 12.3. The molecule has 0 spiro atoms. The molecule has 0 N–H and O–H groups in total. The van der Waals surface area contributed by atoms with Crippen molar-refractivity contribution in [2.45, 2.75) is 0 Å². The van der Waals surface area contributed by atoms with Crippen LogP contribution in [0, 0.1) is 0 Å². The number of aromatic nitrogens is 1. The Morgan fingerprint density at radius 3 is 3.40 bits per heavy atom. The maximum absolute atomic E-state index is 7.31. The molecule has 2 nitrogen and oxygen atoms in total. The highest BCUT2D eigenvalue weighted by Crippen LogP contribution is 2.20. The smallest absolute Gasteiger partial charge is 0.194 e. The molecule has 0 unspecified atom stereocenters. The molecule has 2 heterocycles. The summed E-state index contributed by atoms with van der Waals surface area (Å²) in [6.45, 7) is 0. The van der Waals surface area contributed by atoms with Crippen LogP contribution in [0.4, 0.5) is 0 Å². The van der Waals surface area contributed by atoms with E-state index < -0.39 is 0 Å². The van der Waals surface area contributed by atoms with Gasteiger partial charge < -0.3 is 4.42 Å². The monoisotopic (exact) mass is 154 g/mol. The largest absolute Gasteiger partial charge is 0.443 e. The molecule has 0 saturated carbocycles. The molecule has 0 bridgehead atoms. The quantitative estimate of drug-likeness (QED) is 0.583. The first kappa shape index (κ1) is 4.74. The van der Waals surface area contributed by atoms with Crippen LogP contribution in [0.25, 0.3) is 11.0 Å². The van der Waals surface area contributed by atoms with Crippen molar-refractivity contribution >= 4 is 22.6 Å². The molecule has 2 aromatic rings. The summed E-state index contributed by atoms with van der Waals surface area (Å²) in [5.74, 6) is 0. The summed E-state index contributed by atoms with van der Waals surface area (Å²) in [7, 11) is 0. The number of halogens is 1. The minimum atomic E-state index is 0.120. The van der Waals surface area contributed by atoms with E-state index in [0.717, 1.165) is 5.39 Å². The lowest BCUT2D eigenvalue weighted by molar-refractivity contribution is 0.616. The fraction of sp³-hybridized carbons (Fsp3) is 0. The van der Waals surface area contributed by atoms with Gasteiger partial charge in [0.25, 0.3) is 0 Å². The van der Waals surface area contributed by atoms with Crippen LogP contribution in [0.5, 0.6) is 0 Å². The van der Waals surface area contributed by atoms with E-state index in [2.05, 4.69) is 4.98 Å². The van der Waals surface area contributed by atoms with E-state index in [4.69, 9.17) is 17.4 Å². The van der Waals surface area contributed by atoms with Crippen LogP contribution in [0.2, 0.25) is 5.22 Å². The molecule has 0 radical (unpaired) electrons. The first-order valence-corrected chi connectivity index (χ1v) is 3.16. The van der Waals surface area contributed by atoms with Gasteiger partial charge in [0.15, 0.2) is 10.8 Å². The summed E-state index contributed by atoms with van der Waals surface area (Å²) in [6, 6.07) is 3.42. The standard InChI is InChI=1S/C7H4ClNO/c8-7-3-5-1-2-9-4-6(5)10-7/h1-4H/i4D. The van der Waals surface area contributed by atoms with Crippen molar-refractivity contribution in [3.63, 3.8) is 0 Å². The van der Waals surface area contributed by atoms with Crippen molar-refractivity contribution in [1.29, 1.82) is 0 Å². The Labute approximate surface area is 63.8 Å². The van der Waals surface area contributed by atoms with Gasteiger partial charge in [-0.25, -0.2) is 0 Å². The van der Waals surface area contributed by atoms with Gasteiger partial charge in [-0.2, -0.15) is 0 Å². The van der Waals surface area contributed by atoms with Crippen molar-refractivity contribution in [3.8, 4) is 0 Å². The molecule has 0 aliphatic rings.